The number of nitrogens with zero attached hydrogens (tertiary/aromatic N) is 1. The van der Waals surface area contributed by atoms with E-state index in [1.165, 1.54) is 0 Å². The second kappa shape index (κ2) is 4.94. The highest BCUT2D eigenvalue weighted by Crippen LogP contribution is 2.13. The lowest BCUT2D eigenvalue weighted by Crippen LogP contribution is -2.40. The van der Waals surface area contributed by atoms with Gasteiger partial charge in [0.15, 0.2) is 0 Å². The number of imidazole rings is 1. The number of hydrogen-bond acceptors (Lipinski definition) is 3. The van der Waals surface area contributed by atoms with Crippen LogP contribution in [0.1, 0.15) is 26.6 Å². The van der Waals surface area contributed by atoms with Crippen molar-refractivity contribution in [2.75, 3.05) is 6.54 Å². The van der Waals surface area contributed by atoms with Gasteiger partial charge in [0, 0.05) is 13.0 Å². The van der Waals surface area contributed by atoms with Crippen LogP contribution in [-0.2, 0) is 16.4 Å². The smallest absolute Gasteiger partial charge is 0.216 e. The summed E-state index contributed by atoms with van der Waals surface area (Å²) in [5.41, 5.74) is 1.87. The average Bonchev–Trinajstić information content (AvgIpc) is 2.69. The summed E-state index contributed by atoms with van der Waals surface area (Å²) in [6.45, 7) is 5.38. The van der Waals surface area contributed by atoms with Gasteiger partial charge in [0.25, 0.3) is 0 Å². The minimum absolute atomic E-state index is 0.347. The van der Waals surface area contributed by atoms with Gasteiger partial charge in [-0.25, -0.2) is 18.1 Å². The van der Waals surface area contributed by atoms with Crippen LogP contribution in [0.2, 0.25) is 0 Å². The Morgan fingerprint density at radius 2 is 1.95 bits per heavy atom. The second-order valence-corrected chi connectivity index (χ2v) is 7.98. The lowest BCUT2D eigenvalue weighted by Gasteiger charge is -2.19. The van der Waals surface area contributed by atoms with Gasteiger partial charge in [-0.3, -0.25) is 0 Å². The molecule has 0 saturated carbocycles. The third-order valence-corrected chi connectivity index (χ3v) is 5.10. The highest BCUT2D eigenvalue weighted by molar-refractivity contribution is 7.90. The highest BCUT2D eigenvalue weighted by Gasteiger charge is 2.28. The van der Waals surface area contributed by atoms with Gasteiger partial charge in [0.1, 0.15) is 5.82 Å². The summed E-state index contributed by atoms with van der Waals surface area (Å²) in [4.78, 5) is 7.58. The van der Waals surface area contributed by atoms with Crippen LogP contribution in [0.5, 0.6) is 0 Å². The summed E-state index contributed by atoms with van der Waals surface area (Å²) in [6, 6.07) is 7.74. The van der Waals surface area contributed by atoms with Gasteiger partial charge in [0.2, 0.25) is 10.0 Å². The molecular weight excluding hydrogens is 262 g/mol. The molecule has 0 aliphatic carbocycles. The maximum atomic E-state index is 11.9. The normalized spacial score (nSPS) is 13.0. The van der Waals surface area contributed by atoms with E-state index in [9.17, 15) is 8.42 Å². The van der Waals surface area contributed by atoms with Crippen molar-refractivity contribution in [1.29, 1.82) is 0 Å². The fourth-order valence-electron chi connectivity index (χ4n) is 1.64. The van der Waals surface area contributed by atoms with E-state index >= 15 is 0 Å². The molecule has 104 valence electrons. The molecule has 2 rings (SSSR count). The molecule has 0 unspecified atom stereocenters. The number of aromatic amines is 1. The van der Waals surface area contributed by atoms with Crippen molar-refractivity contribution in [3.05, 3.63) is 30.1 Å². The van der Waals surface area contributed by atoms with Gasteiger partial charge >= 0.3 is 0 Å². The molecule has 0 bridgehead atoms. The first-order valence-corrected chi connectivity index (χ1v) is 7.71. The summed E-state index contributed by atoms with van der Waals surface area (Å²) in [5, 5.41) is 0. The Balaban J connectivity index is 2.00. The van der Waals surface area contributed by atoms with Crippen molar-refractivity contribution in [3.8, 4) is 0 Å². The molecule has 1 aromatic heterocycles. The van der Waals surface area contributed by atoms with E-state index in [-0.39, 0.29) is 0 Å². The van der Waals surface area contributed by atoms with Crippen LogP contribution in [0.4, 0.5) is 0 Å². The van der Waals surface area contributed by atoms with E-state index in [2.05, 4.69) is 14.7 Å². The minimum atomic E-state index is -3.29. The van der Waals surface area contributed by atoms with E-state index < -0.39 is 14.8 Å². The van der Waals surface area contributed by atoms with Gasteiger partial charge in [-0.15, -0.1) is 0 Å². The Morgan fingerprint density at radius 1 is 1.26 bits per heavy atom. The predicted octanol–water partition coefficient (Wildman–Crippen LogP) is 1.82. The van der Waals surface area contributed by atoms with E-state index in [0.717, 1.165) is 16.9 Å². The zero-order valence-electron chi connectivity index (χ0n) is 11.4. The SMILES string of the molecule is CC(C)(C)S(=O)(=O)NCCc1nc2ccccc2[nH]1. The molecule has 1 heterocycles. The Morgan fingerprint density at radius 3 is 2.58 bits per heavy atom. The van der Waals surface area contributed by atoms with Gasteiger partial charge in [-0.1, -0.05) is 12.1 Å². The minimum Gasteiger partial charge on any atom is -0.342 e. The van der Waals surface area contributed by atoms with Gasteiger partial charge in [0.05, 0.1) is 15.8 Å². The van der Waals surface area contributed by atoms with Crippen LogP contribution >= 0.6 is 0 Å². The van der Waals surface area contributed by atoms with E-state index in [1.807, 2.05) is 24.3 Å². The van der Waals surface area contributed by atoms with Crippen molar-refractivity contribution < 1.29 is 8.42 Å². The Bertz CT molecular complexity index is 635. The summed E-state index contributed by atoms with van der Waals surface area (Å²) >= 11 is 0. The molecule has 2 aromatic rings. The number of aromatic nitrogens is 2. The third-order valence-electron chi connectivity index (χ3n) is 2.90. The summed E-state index contributed by atoms with van der Waals surface area (Å²) < 4.78 is 25.6. The summed E-state index contributed by atoms with van der Waals surface area (Å²) in [5.74, 6) is 0.790. The average molecular weight is 281 g/mol. The molecule has 0 amide bonds. The summed E-state index contributed by atoms with van der Waals surface area (Å²) in [7, 11) is -3.29. The first-order chi connectivity index (χ1) is 8.79. The Kier molecular flexibility index (Phi) is 3.64. The molecule has 19 heavy (non-hydrogen) atoms. The zero-order valence-corrected chi connectivity index (χ0v) is 12.2. The van der Waals surface area contributed by atoms with Crippen LogP contribution in [0.15, 0.2) is 24.3 Å². The van der Waals surface area contributed by atoms with Crippen LogP contribution in [0.3, 0.4) is 0 Å². The largest absolute Gasteiger partial charge is 0.342 e. The third kappa shape index (κ3) is 3.13. The maximum absolute atomic E-state index is 11.9. The Hall–Kier alpha value is -1.40. The standard InChI is InChI=1S/C13H19N3O2S/c1-13(2,3)19(17,18)14-9-8-12-15-10-6-4-5-7-11(10)16-12/h4-7,14H,8-9H2,1-3H3,(H,15,16). The van der Waals surface area contributed by atoms with Gasteiger partial charge in [-0.05, 0) is 32.9 Å². The molecule has 0 aliphatic rings. The first kappa shape index (κ1) is 14.0. The monoisotopic (exact) mass is 281 g/mol. The molecule has 0 radical (unpaired) electrons. The molecule has 0 aliphatic heterocycles. The molecule has 0 fully saturated rings. The zero-order chi connectivity index (χ0) is 14.1. The van der Waals surface area contributed by atoms with Crippen LogP contribution < -0.4 is 4.72 Å². The van der Waals surface area contributed by atoms with Crippen LogP contribution in [0.25, 0.3) is 11.0 Å². The molecule has 0 saturated heterocycles. The molecule has 6 heteroatoms. The number of sulfonamides is 1. The van der Waals surface area contributed by atoms with Crippen molar-refractivity contribution in [1.82, 2.24) is 14.7 Å². The number of rotatable bonds is 4. The molecule has 0 atom stereocenters. The van der Waals surface area contributed by atoms with Gasteiger partial charge in [-0.2, -0.15) is 0 Å². The quantitative estimate of drug-likeness (QED) is 0.897. The Labute approximate surface area is 113 Å². The van der Waals surface area contributed by atoms with Crippen molar-refractivity contribution >= 4 is 21.1 Å². The number of hydrogen-bond donors (Lipinski definition) is 2. The maximum Gasteiger partial charge on any atom is 0.216 e. The number of H-pyrrole nitrogens is 1. The number of benzene rings is 1. The van der Waals surface area contributed by atoms with Crippen molar-refractivity contribution in [3.63, 3.8) is 0 Å². The topological polar surface area (TPSA) is 74.8 Å². The van der Waals surface area contributed by atoms with E-state index in [1.54, 1.807) is 20.8 Å². The highest BCUT2D eigenvalue weighted by atomic mass is 32.2. The molecule has 5 nitrogen and oxygen atoms in total. The van der Waals surface area contributed by atoms with Crippen molar-refractivity contribution in [2.45, 2.75) is 31.9 Å². The molecule has 2 N–H and O–H groups in total. The first-order valence-electron chi connectivity index (χ1n) is 6.22. The van der Waals surface area contributed by atoms with E-state index in [4.69, 9.17) is 0 Å². The molecule has 1 aromatic carbocycles. The lowest BCUT2D eigenvalue weighted by molar-refractivity contribution is 0.544. The second-order valence-electron chi connectivity index (χ2n) is 5.46. The number of nitrogens with one attached hydrogen (secondary N) is 2. The number of para-hydroxylation sites is 2. The van der Waals surface area contributed by atoms with Crippen LogP contribution in [0, 0.1) is 0 Å². The molecule has 0 spiro atoms. The van der Waals surface area contributed by atoms with Gasteiger partial charge < -0.3 is 4.98 Å². The number of fused-ring (bicyclic) bond motifs is 1. The summed E-state index contributed by atoms with van der Waals surface area (Å²) in [6.07, 6.45) is 0.546. The predicted molar refractivity (Wildman–Crippen MR) is 76.5 cm³/mol. The lowest BCUT2D eigenvalue weighted by atomic mass is 10.3. The van der Waals surface area contributed by atoms with E-state index in [0.29, 0.717) is 13.0 Å². The fraction of sp³-hybridized carbons (Fsp3) is 0.462. The fourth-order valence-corrected chi connectivity index (χ4v) is 2.45. The van der Waals surface area contributed by atoms with Crippen molar-refractivity contribution in [2.24, 2.45) is 0 Å². The molecular formula is C13H19N3O2S. The van der Waals surface area contributed by atoms with Crippen LogP contribution in [-0.4, -0.2) is 29.7 Å².